The number of fused-ring (bicyclic) bond motifs is 1. The van der Waals surface area contributed by atoms with E-state index in [-0.39, 0.29) is 6.61 Å². The third-order valence-electron chi connectivity index (χ3n) is 4.40. The van der Waals surface area contributed by atoms with Crippen LogP contribution in [0.3, 0.4) is 0 Å². The van der Waals surface area contributed by atoms with Gasteiger partial charge in [0.1, 0.15) is 18.5 Å². The molecule has 2 saturated heterocycles. The van der Waals surface area contributed by atoms with Crippen LogP contribution in [0.15, 0.2) is 18.7 Å². The van der Waals surface area contributed by atoms with Crippen molar-refractivity contribution in [1.82, 2.24) is 8.96 Å². The van der Waals surface area contributed by atoms with Crippen molar-refractivity contribution in [1.29, 1.82) is 0 Å². The lowest BCUT2D eigenvalue weighted by atomic mass is 10.1. The van der Waals surface area contributed by atoms with Gasteiger partial charge in [-0.1, -0.05) is 0 Å². The Hall–Kier alpha value is -1.08. The highest BCUT2D eigenvalue weighted by Crippen LogP contribution is 2.40. The van der Waals surface area contributed by atoms with Crippen LogP contribution >= 0.6 is 0 Å². The van der Waals surface area contributed by atoms with Crippen LogP contribution in [0, 0.1) is 0 Å². The topological polar surface area (TPSA) is 107 Å². The van der Waals surface area contributed by atoms with Crippen LogP contribution in [0.2, 0.25) is 0 Å². The van der Waals surface area contributed by atoms with E-state index in [0.29, 0.717) is 6.42 Å². The minimum atomic E-state index is -4.09. The lowest BCUT2D eigenvalue weighted by molar-refractivity contribution is -0.223. The molecular formula is C16H26N2O8S. The summed E-state index contributed by atoms with van der Waals surface area (Å²) in [6.45, 7) is 7.30. The predicted octanol–water partition coefficient (Wildman–Crippen LogP) is 1.03. The molecule has 0 spiro atoms. The van der Waals surface area contributed by atoms with Crippen molar-refractivity contribution >= 4 is 10.3 Å². The minimum Gasteiger partial charge on any atom is -0.354 e. The maximum atomic E-state index is 12.5. The van der Waals surface area contributed by atoms with Crippen LogP contribution in [0.1, 0.15) is 34.1 Å². The second kappa shape index (κ2) is 7.39. The summed E-state index contributed by atoms with van der Waals surface area (Å²) in [7, 11) is -2.55. The van der Waals surface area contributed by atoms with Gasteiger partial charge in [0.2, 0.25) is 0 Å². The number of ether oxygens (including phenoxy) is 5. The summed E-state index contributed by atoms with van der Waals surface area (Å²) in [6, 6.07) is 0. The quantitative estimate of drug-likeness (QED) is 0.585. The molecule has 1 aromatic heterocycles. The van der Waals surface area contributed by atoms with E-state index in [0.717, 1.165) is 10.3 Å². The number of hydrogen-bond donors (Lipinski definition) is 0. The molecule has 0 N–H and O–H groups in total. The summed E-state index contributed by atoms with van der Waals surface area (Å²) < 4.78 is 59.6. The number of methoxy groups -OCH3 is 1. The lowest BCUT2D eigenvalue weighted by Gasteiger charge is -2.27. The predicted molar refractivity (Wildman–Crippen MR) is 91.8 cm³/mol. The van der Waals surface area contributed by atoms with Crippen LogP contribution < -0.4 is 0 Å². The van der Waals surface area contributed by atoms with E-state index >= 15 is 0 Å². The Morgan fingerprint density at radius 1 is 1.30 bits per heavy atom. The Morgan fingerprint density at radius 3 is 2.67 bits per heavy atom. The Kier molecular flexibility index (Phi) is 5.65. The van der Waals surface area contributed by atoms with Gasteiger partial charge in [-0.05, 0) is 34.1 Å². The Labute approximate surface area is 158 Å². The summed E-state index contributed by atoms with van der Waals surface area (Å²) in [5, 5.41) is 0. The first-order chi connectivity index (χ1) is 12.5. The van der Waals surface area contributed by atoms with Crippen molar-refractivity contribution in [3.05, 3.63) is 18.7 Å². The molecule has 0 aromatic carbocycles. The van der Waals surface area contributed by atoms with Crippen LogP contribution in [-0.2, 0) is 38.2 Å². The fraction of sp³-hybridized carbons (Fsp3) is 0.812. The normalized spacial score (nSPS) is 30.6. The zero-order valence-electron chi connectivity index (χ0n) is 16.0. The fourth-order valence-electron chi connectivity index (χ4n) is 2.94. The highest BCUT2D eigenvalue weighted by molar-refractivity contribution is 7.85. The molecular weight excluding hydrogens is 380 g/mol. The maximum Gasteiger partial charge on any atom is 0.367 e. The van der Waals surface area contributed by atoms with Gasteiger partial charge in [-0.2, -0.15) is 8.42 Å². The van der Waals surface area contributed by atoms with Gasteiger partial charge < -0.3 is 23.7 Å². The molecule has 3 rings (SSSR count). The SMILES string of the molecule is COC(C)(C)OCC[C@H]1O[C@@H]2OC(C)(C)O[C@@H]2[C@@H]1OS(=O)(=O)n1ccnc1. The maximum absolute atomic E-state index is 12.5. The van der Waals surface area contributed by atoms with Crippen molar-refractivity contribution in [2.75, 3.05) is 13.7 Å². The minimum absolute atomic E-state index is 0.277. The number of nitrogens with zero attached hydrogens (tertiary/aromatic N) is 2. The fourth-order valence-corrected chi connectivity index (χ4v) is 3.93. The van der Waals surface area contributed by atoms with Crippen LogP contribution in [0.5, 0.6) is 0 Å². The van der Waals surface area contributed by atoms with Gasteiger partial charge in [-0.3, -0.25) is 0 Å². The standard InChI is InChI=1S/C16H26N2O8S/c1-15(2,21-5)22-9-6-11-12(13-14(23-11)25-16(3,4)24-13)26-27(19,20)18-8-7-17-10-18/h7-8,10-14H,6,9H2,1-5H3/t11-,12-,13-,14-/m1/s1. The summed E-state index contributed by atoms with van der Waals surface area (Å²) in [4.78, 5) is 3.74. The Bertz CT molecular complexity index is 734. The highest BCUT2D eigenvalue weighted by atomic mass is 32.2. The van der Waals surface area contributed by atoms with Crippen molar-refractivity contribution in [3.8, 4) is 0 Å². The van der Waals surface area contributed by atoms with E-state index < -0.39 is 46.5 Å². The Morgan fingerprint density at radius 2 is 2.04 bits per heavy atom. The highest BCUT2D eigenvalue weighted by Gasteiger charge is 2.56. The molecule has 27 heavy (non-hydrogen) atoms. The molecule has 4 atom stereocenters. The second-order valence-electron chi connectivity index (χ2n) is 7.30. The number of aromatic nitrogens is 2. The molecule has 154 valence electrons. The van der Waals surface area contributed by atoms with Crippen molar-refractivity contribution in [2.24, 2.45) is 0 Å². The van der Waals surface area contributed by atoms with E-state index in [4.69, 9.17) is 27.9 Å². The third kappa shape index (κ3) is 4.67. The molecule has 0 saturated carbocycles. The van der Waals surface area contributed by atoms with Gasteiger partial charge >= 0.3 is 10.3 Å². The van der Waals surface area contributed by atoms with E-state index in [1.165, 1.54) is 12.4 Å². The largest absolute Gasteiger partial charge is 0.367 e. The van der Waals surface area contributed by atoms with Gasteiger partial charge in [0.05, 0.1) is 12.7 Å². The first-order valence-electron chi connectivity index (χ1n) is 8.65. The number of hydrogen-bond acceptors (Lipinski definition) is 9. The number of imidazole rings is 1. The molecule has 2 fully saturated rings. The first-order valence-corrected chi connectivity index (χ1v) is 10.0. The molecule has 1 aromatic rings. The summed E-state index contributed by atoms with van der Waals surface area (Å²) in [6.07, 6.45) is 1.28. The molecule has 0 bridgehead atoms. The molecule has 0 unspecified atom stereocenters. The van der Waals surface area contributed by atoms with Gasteiger partial charge in [0.25, 0.3) is 0 Å². The summed E-state index contributed by atoms with van der Waals surface area (Å²) >= 11 is 0. The molecule has 0 aliphatic carbocycles. The molecule has 2 aliphatic rings. The monoisotopic (exact) mass is 406 g/mol. The van der Waals surface area contributed by atoms with Crippen LogP contribution in [0.4, 0.5) is 0 Å². The van der Waals surface area contributed by atoms with E-state index in [9.17, 15) is 8.42 Å². The first kappa shape index (κ1) is 20.6. The van der Waals surface area contributed by atoms with Gasteiger partial charge in [-0.15, -0.1) is 0 Å². The second-order valence-corrected chi connectivity index (χ2v) is 8.76. The lowest BCUT2D eigenvalue weighted by Crippen LogP contribution is -2.40. The smallest absolute Gasteiger partial charge is 0.354 e. The zero-order valence-corrected chi connectivity index (χ0v) is 16.8. The van der Waals surface area contributed by atoms with Crippen molar-refractivity contribution in [2.45, 2.75) is 70.3 Å². The average Bonchev–Trinajstić information content (AvgIpc) is 3.25. The summed E-state index contributed by atoms with van der Waals surface area (Å²) in [5.41, 5.74) is 0. The molecule has 0 radical (unpaired) electrons. The third-order valence-corrected chi connectivity index (χ3v) is 5.60. The average molecular weight is 406 g/mol. The van der Waals surface area contributed by atoms with Crippen molar-refractivity contribution in [3.63, 3.8) is 0 Å². The van der Waals surface area contributed by atoms with E-state index in [1.807, 2.05) is 0 Å². The number of rotatable bonds is 8. The Balaban J connectivity index is 1.73. The molecule has 2 aliphatic heterocycles. The van der Waals surface area contributed by atoms with Gasteiger partial charge in [-0.25, -0.2) is 13.1 Å². The van der Waals surface area contributed by atoms with Crippen LogP contribution in [0.25, 0.3) is 0 Å². The van der Waals surface area contributed by atoms with E-state index in [1.54, 1.807) is 34.8 Å². The van der Waals surface area contributed by atoms with Crippen LogP contribution in [-0.4, -0.2) is 67.3 Å². The van der Waals surface area contributed by atoms with Gasteiger partial charge in [0.15, 0.2) is 17.9 Å². The molecule has 11 heteroatoms. The van der Waals surface area contributed by atoms with Gasteiger partial charge in [0, 0.05) is 19.5 Å². The molecule has 0 amide bonds. The van der Waals surface area contributed by atoms with E-state index in [2.05, 4.69) is 4.98 Å². The van der Waals surface area contributed by atoms with Crippen molar-refractivity contribution < 1.29 is 36.3 Å². The molecule has 10 nitrogen and oxygen atoms in total. The zero-order chi connectivity index (χ0) is 19.9. The summed E-state index contributed by atoms with van der Waals surface area (Å²) in [5.74, 6) is -1.65. The molecule has 3 heterocycles.